The van der Waals surface area contributed by atoms with Crippen LogP contribution in [0.4, 0.5) is 5.69 Å². The van der Waals surface area contributed by atoms with Gasteiger partial charge < -0.3 is 14.8 Å². The van der Waals surface area contributed by atoms with Gasteiger partial charge in [-0.25, -0.2) is 8.42 Å². The second-order valence-corrected chi connectivity index (χ2v) is 11.2. The van der Waals surface area contributed by atoms with E-state index in [2.05, 4.69) is 19.2 Å². The van der Waals surface area contributed by atoms with Crippen molar-refractivity contribution >= 4 is 33.2 Å². The predicted molar refractivity (Wildman–Crippen MR) is 130 cm³/mol. The second kappa shape index (κ2) is 10.9. The Labute approximate surface area is 201 Å². The van der Waals surface area contributed by atoms with Crippen molar-refractivity contribution in [2.45, 2.75) is 39.5 Å². The summed E-state index contributed by atoms with van der Waals surface area (Å²) < 4.78 is 37.2. The van der Waals surface area contributed by atoms with Gasteiger partial charge in [-0.2, -0.15) is 0 Å². The normalized spacial score (nSPS) is 14.9. The maximum atomic E-state index is 12.5. The number of nitrogens with one attached hydrogen (secondary N) is 1. The van der Waals surface area contributed by atoms with E-state index in [9.17, 15) is 13.2 Å². The summed E-state index contributed by atoms with van der Waals surface area (Å²) in [6, 6.07) is 13.6. The largest absolute Gasteiger partial charge is 0.352 e. The minimum Gasteiger partial charge on any atom is -0.352 e. The maximum Gasteiger partial charge on any atom is 0.251 e. The first-order chi connectivity index (χ1) is 15.6. The molecule has 1 aliphatic rings. The van der Waals surface area contributed by atoms with Crippen molar-refractivity contribution in [1.82, 2.24) is 5.32 Å². The average Bonchev–Trinajstić information content (AvgIpc) is 3.32. The van der Waals surface area contributed by atoms with Crippen molar-refractivity contribution in [3.8, 4) is 0 Å². The van der Waals surface area contributed by atoms with Gasteiger partial charge in [0.05, 0.1) is 31.7 Å². The Bertz CT molecular complexity index is 1030. The number of hydrogen-bond donors (Lipinski definition) is 1. The standard InChI is InChI=1S/C24H31ClN2O5S/c1-24(2,23-31-15-16-32-23)13-4-14-26-22(28)19-7-11-21(12-8-19)27(33(3,29)30)17-18-5-9-20(25)10-6-18/h5-12,23H,4,13-17H2,1-3H3,(H,26,28). The predicted octanol–water partition coefficient (Wildman–Crippen LogP) is 4.22. The highest BCUT2D eigenvalue weighted by atomic mass is 35.5. The Morgan fingerprint density at radius 1 is 1.09 bits per heavy atom. The first-order valence-corrected chi connectivity index (χ1v) is 13.1. The van der Waals surface area contributed by atoms with Gasteiger partial charge in [-0.3, -0.25) is 9.10 Å². The van der Waals surface area contributed by atoms with Crippen molar-refractivity contribution in [2.24, 2.45) is 5.41 Å². The van der Waals surface area contributed by atoms with Gasteiger partial charge >= 0.3 is 0 Å². The minimum atomic E-state index is -3.52. The van der Waals surface area contributed by atoms with Crippen molar-refractivity contribution < 1.29 is 22.7 Å². The van der Waals surface area contributed by atoms with E-state index < -0.39 is 10.0 Å². The molecular weight excluding hydrogens is 464 g/mol. The molecule has 0 saturated carbocycles. The van der Waals surface area contributed by atoms with Gasteiger partial charge in [0, 0.05) is 22.5 Å². The molecule has 33 heavy (non-hydrogen) atoms. The van der Waals surface area contributed by atoms with Crippen molar-refractivity contribution in [2.75, 3.05) is 30.3 Å². The van der Waals surface area contributed by atoms with Crippen molar-refractivity contribution in [3.63, 3.8) is 0 Å². The second-order valence-electron chi connectivity index (χ2n) is 8.86. The molecule has 0 atom stereocenters. The van der Waals surface area contributed by atoms with E-state index in [4.69, 9.17) is 21.1 Å². The summed E-state index contributed by atoms with van der Waals surface area (Å²) >= 11 is 5.92. The number of carbonyl (C=O) groups is 1. The molecule has 1 fully saturated rings. The number of carbonyl (C=O) groups excluding carboxylic acids is 1. The number of rotatable bonds is 10. The molecule has 1 saturated heterocycles. The smallest absolute Gasteiger partial charge is 0.251 e. The molecule has 1 N–H and O–H groups in total. The van der Waals surface area contributed by atoms with Crippen LogP contribution >= 0.6 is 11.6 Å². The van der Waals surface area contributed by atoms with E-state index >= 15 is 0 Å². The van der Waals surface area contributed by atoms with Crippen LogP contribution in [-0.4, -0.2) is 46.6 Å². The number of sulfonamides is 1. The van der Waals surface area contributed by atoms with Crippen LogP contribution in [0, 0.1) is 5.41 Å². The van der Waals surface area contributed by atoms with Crippen LogP contribution in [0.1, 0.15) is 42.6 Å². The zero-order valence-corrected chi connectivity index (χ0v) is 20.8. The lowest BCUT2D eigenvalue weighted by molar-refractivity contribution is -0.122. The van der Waals surface area contributed by atoms with E-state index in [-0.39, 0.29) is 24.2 Å². The van der Waals surface area contributed by atoms with Crippen molar-refractivity contribution in [1.29, 1.82) is 0 Å². The third-order valence-corrected chi connectivity index (χ3v) is 6.99. The lowest BCUT2D eigenvalue weighted by atomic mass is 9.87. The lowest BCUT2D eigenvalue weighted by Crippen LogP contribution is -2.32. The maximum absolute atomic E-state index is 12.5. The molecule has 0 bridgehead atoms. The number of ether oxygens (including phenoxy) is 2. The van der Waals surface area contributed by atoms with E-state index in [1.54, 1.807) is 48.5 Å². The summed E-state index contributed by atoms with van der Waals surface area (Å²) in [7, 11) is -3.52. The van der Waals surface area contributed by atoms with Gasteiger partial charge in [-0.05, 0) is 54.8 Å². The van der Waals surface area contributed by atoms with E-state index in [1.165, 1.54) is 4.31 Å². The lowest BCUT2D eigenvalue weighted by Gasteiger charge is -2.29. The van der Waals surface area contributed by atoms with E-state index in [0.29, 0.717) is 36.0 Å². The molecule has 7 nitrogen and oxygen atoms in total. The van der Waals surface area contributed by atoms with Gasteiger partial charge in [-0.1, -0.05) is 37.6 Å². The first-order valence-electron chi connectivity index (χ1n) is 10.9. The molecule has 0 radical (unpaired) electrons. The molecule has 1 amide bonds. The van der Waals surface area contributed by atoms with Gasteiger partial charge in [-0.15, -0.1) is 0 Å². The molecule has 1 aliphatic heterocycles. The molecule has 9 heteroatoms. The Balaban J connectivity index is 1.57. The molecule has 0 aromatic heterocycles. The number of halogens is 1. The zero-order valence-electron chi connectivity index (χ0n) is 19.2. The summed E-state index contributed by atoms with van der Waals surface area (Å²) in [4.78, 5) is 12.5. The fraction of sp³-hybridized carbons (Fsp3) is 0.458. The molecule has 0 spiro atoms. The van der Waals surface area contributed by atoms with E-state index in [1.807, 2.05) is 0 Å². The summed E-state index contributed by atoms with van der Waals surface area (Å²) in [5.41, 5.74) is 1.65. The first kappa shape index (κ1) is 25.5. The van der Waals surface area contributed by atoms with Crippen LogP contribution in [0.2, 0.25) is 5.02 Å². The summed E-state index contributed by atoms with van der Waals surface area (Å²) in [5, 5.41) is 3.51. The molecule has 1 heterocycles. The van der Waals surface area contributed by atoms with Gasteiger partial charge in [0.15, 0.2) is 6.29 Å². The zero-order chi connectivity index (χ0) is 24.1. The quantitative estimate of drug-likeness (QED) is 0.500. The monoisotopic (exact) mass is 494 g/mol. The van der Waals surface area contributed by atoms with Crippen LogP contribution in [-0.2, 0) is 26.0 Å². The Morgan fingerprint density at radius 3 is 2.27 bits per heavy atom. The van der Waals surface area contributed by atoms with Crippen LogP contribution in [0.25, 0.3) is 0 Å². The van der Waals surface area contributed by atoms with Crippen LogP contribution in [0.3, 0.4) is 0 Å². The number of anilines is 1. The average molecular weight is 495 g/mol. The van der Waals surface area contributed by atoms with Gasteiger partial charge in [0.1, 0.15) is 0 Å². The minimum absolute atomic E-state index is 0.123. The molecule has 2 aromatic rings. The number of amides is 1. The van der Waals surface area contributed by atoms with Crippen LogP contribution in [0.15, 0.2) is 48.5 Å². The van der Waals surface area contributed by atoms with Crippen molar-refractivity contribution in [3.05, 3.63) is 64.7 Å². The highest BCUT2D eigenvalue weighted by molar-refractivity contribution is 7.92. The molecule has 3 rings (SSSR count). The fourth-order valence-corrected chi connectivity index (χ4v) is 4.72. The number of nitrogens with zero attached hydrogens (tertiary/aromatic N) is 1. The highest BCUT2D eigenvalue weighted by Gasteiger charge is 2.33. The topological polar surface area (TPSA) is 84.9 Å². The van der Waals surface area contributed by atoms with Crippen LogP contribution < -0.4 is 9.62 Å². The Kier molecular flexibility index (Phi) is 8.39. The van der Waals surface area contributed by atoms with Gasteiger partial charge in [0.25, 0.3) is 5.91 Å². The third kappa shape index (κ3) is 7.17. The number of benzene rings is 2. The summed E-state index contributed by atoms with van der Waals surface area (Å²) in [6.07, 6.45) is 2.60. The molecule has 0 aliphatic carbocycles. The summed E-state index contributed by atoms with van der Waals surface area (Å²) in [6.45, 7) is 6.14. The third-order valence-electron chi connectivity index (χ3n) is 5.60. The highest BCUT2D eigenvalue weighted by Crippen LogP contribution is 2.32. The molecule has 0 unspecified atom stereocenters. The van der Waals surface area contributed by atoms with Crippen LogP contribution in [0.5, 0.6) is 0 Å². The van der Waals surface area contributed by atoms with Gasteiger partial charge in [0.2, 0.25) is 10.0 Å². The Morgan fingerprint density at radius 2 is 1.70 bits per heavy atom. The summed E-state index contributed by atoms with van der Waals surface area (Å²) in [5.74, 6) is -0.198. The number of hydrogen-bond acceptors (Lipinski definition) is 5. The van der Waals surface area contributed by atoms with E-state index in [0.717, 1.165) is 24.7 Å². The fourth-order valence-electron chi connectivity index (χ4n) is 3.71. The SMILES string of the molecule is CC(C)(CCCNC(=O)c1ccc(N(Cc2ccc(Cl)cc2)S(C)(=O)=O)cc1)C1OCCO1. The Hall–Kier alpha value is -2.13. The molecule has 2 aromatic carbocycles. The molecule has 180 valence electrons. The molecular formula is C24H31ClN2O5S.